The van der Waals surface area contributed by atoms with Crippen molar-refractivity contribution in [3.63, 3.8) is 0 Å². The van der Waals surface area contributed by atoms with Crippen LogP contribution in [0.4, 0.5) is 20.2 Å². The number of rotatable bonds is 7. The number of hydrogen-bond acceptors (Lipinski definition) is 4. The minimum absolute atomic E-state index is 0.0949. The second kappa shape index (κ2) is 9.10. The summed E-state index contributed by atoms with van der Waals surface area (Å²) in [5.41, 5.74) is -0.0561. The Kier molecular flexibility index (Phi) is 7.04. The van der Waals surface area contributed by atoms with E-state index in [4.69, 9.17) is 0 Å². The summed E-state index contributed by atoms with van der Waals surface area (Å²) in [6.45, 7) is 4.75. The molecule has 0 radical (unpaired) electrons. The van der Waals surface area contributed by atoms with E-state index in [-0.39, 0.29) is 30.0 Å². The lowest BCUT2D eigenvalue weighted by Crippen LogP contribution is -2.31. The molecule has 0 aliphatic carbocycles. The molecule has 2 amide bonds. The van der Waals surface area contributed by atoms with E-state index in [9.17, 15) is 26.8 Å². The molecule has 0 saturated heterocycles. The van der Waals surface area contributed by atoms with Crippen molar-refractivity contribution in [3.8, 4) is 0 Å². The van der Waals surface area contributed by atoms with Gasteiger partial charge in [-0.05, 0) is 36.4 Å². The Balaban J connectivity index is 2.35. The number of nitrogens with one attached hydrogen (secondary N) is 2. The number of halogens is 2. The van der Waals surface area contributed by atoms with Gasteiger partial charge in [-0.2, -0.15) is 4.31 Å². The molecule has 2 aromatic rings. The Labute approximate surface area is 167 Å². The van der Waals surface area contributed by atoms with Crippen molar-refractivity contribution >= 4 is 33.2 Å². The molecule has 7 nitrogen and oxygen atoms in total. The largest absolute Gasteiger partial charge is 0.324 e. The first-order valence-corrected chi connectivity index (χ1v) is 10.2. The summed E-state index contributed by atoms with van der Waals surface area (Å²) < 4.78 is 54.2. The van der Waals surface area contributed by atoms with Crippen LogP contribution < -0.4 is 10.6 Å². The fraction of sp³-hybridized carbons (Fsp3) is 0.263. The van der Waals surface area contributed by atoms with Crippen molar-refractivity contribution in [1.29, 1.82) is 0 Å². The fourth-order valence-electron chi connectivity index (χ4n) is 2.64. The Morgan fingerprint density at radius 3 is 2.17 bits per heavy atom. The lowest BCUT2D eigenvalue weighted by atomic mass is 10.2. The molecule has 29 heavy (non-hydrogen) atoms. The number of amides is 2. The number of anilines is 2. The lowest BCUT2D eigenvalue weighted by molar-refractivity contribution is -0.114. The molecule has 2 rings (SSSR count). The number of hydrogen-bond donors (Lipinski definition) is 2. The number of carbonyl (C=O) groups is 2. The smallest absolute Gasteiger partial charge is 0.255 e. The molecule has 0 bridgehead atoms. The van der Waals surface area contributed by atoms with Crippen molar-refractivity contribution < 1.29 is 26.8 Å². The molecule has 2 N–H and O–H groups in total. The van der Waals surface area contributed by atoms with Crippen LogP contribution in [0.3, 0.4) is 0 Å². The van der Waals surface area contributed by atoms with Gasteiger partial charge in [0.15, 0.2) is 0 Å². The van der Waals surface area contributed by atoms with E-state index in [0.29, 0.717) is 0 Å². The summed E-state index contributed by atoms with van der Waals surface area (Å²) in [5, 5.41) is 4.76. The average Bonchev–Trinajstić information content (AvgIpc) is 2.65. The topological polar surface area (TPSA) is 95.6 Å². The van der Waals surface area contributed by atoms with E-state index >= 15 is 0 Å². The molecular formula is C19H21F2N3O4S. The molecule has 0 aromatic heterocycles. The summed E-state index contributed by atoms with van der Waals surface area (Å²) >= 11 is 0. The van der Waals surface area contributed by atoms with Gasteiger partial charge in [-0.1, -0.05) is 13.8 Å². The van der Waals surface area contributed by atoms with Crippen molar-refractivity contribution in [2.75, 3.05) is 23.7 Å². The zero-order valence-corrected chi connectivity index (χ0v) is 16.9. The van der Waals surface area contributed by atoms with Crippen LogP contribution >= 0.6 is 0 Å². The Bertz CT molecular complexity index is 1040. The Morgan fingerprint density at radius 2 is 1.59 bits per heavy atom. The highest BCUT2D eigenvalue weighted by molar-refractivity contribution is 7.89. The molecule has 156 valence electrons. The highest BCUT2D eigenvalue weighted by Gasteiger charge is 2.26. The molecule has 0 atom stereocenters. The van der Waals surface area contributed by atoms with Gasteiger partial charge in [-0.3, -0.25) is 9.59 Å². The molecule has 0 saturated carbocycles. The van der Waals surface area contributed by atoms with Gasteiger partial charge in [0.05, 0.1) is 5.69 Å². The highest BCUT2D eigenvalue weighted by atomic mass is 32.2. The van der Waals surface area contributed by atoms with E-state index in [2.05, 4.69) is 10.6 Å². The van der Waals surface area contributed by atoms with Crippen LogP contribution in [0.2, 0.25) is 0 Å². The van der Waals surface area contributed by atoms with E-state index < -0.39 is 38.4 Å². The normalized spacial score (nSPS) is 11.4. The SMILES string of the molecule is CCN(CC)S(=O)(=O)c1cc(C(=O)Nc2ccc(F)c(NC(C)=O)c2)ccc1F. The summed E-state index contributed by atoms with van der Waals surface area (Å²) in [5.74, 6) is -2.87. The molecular weight excluding hydrogens is 404 g/mol. The molecule has 0 heterocycles. The quantitative estimate of drug-likeness (QED) is 0.712. The average molecular weight is 425 g/mol. The van der Waals surface area contributed by atoms with E-state index in [1.54, 1.807) is 13.8 Å². The first kappa shape index (κ1) is 22.4. The third-order valence-corrected chi connectivity index (χ3v) is 6.12. The van der Waals surface area contributed by atoms with Crippen molar-refractivity contribution in [2.45, 2.75) is 25.7 Å². The zero-order valence-electron chi connectivity index (χ0n) is 16.1. The summed E-state index contributed by atoms with van der Waals surface area (Å²) in [6.07, 6.45) is 0. The standard InChI is InChI=1S/C19H21F2N3O4S/c1-4-24(5-2)29(27,28)18-10-13(6-8-16(18)21)19(26)23-14-7-9-15(20)17(11-14)22-12(3)25/h6-11H,4-5H2,1-3H3,(H,22,25)(H,23,26). The zero-order chi connectivity index (χ0) is 21.8. The van der Waals surface area contributed by atoms with Crippen LogP contribution in [0.5, 0.6) is 0 Å². The third-order valence-electron chi connectivity index (χ3n) is 4.05. The van der Waals surface area contributed by atoms with E-state index in [1.807, 2.05) is 0 Å². The summed E-state index contributed by atoms with van der Waals surface area (Å²) in [4.78, 5) is 23.0. The van der Waals surface area contributed by atoms with Crippen LogP contribution in [0.15, 0.2) is 41.3 Å². The summed E-state index contributed by atoms with van der Waals surface area (Å²) in [7, 11) is -4.11. The van der Waals surface area contributed by atoms with Gasteiger partial charge in [-0.15, -0.1) is 0 Å². The van der Waals surface area contributed by atoms with Crippen LogP contribution in [0.1, 0.15) is 31.1 Å². The van der Waals surface area contributed by atoms with Gasteiger partial charge in [0, 0.05) is 31.3 Å². The molecule has 2 aromatic carbocycles. The van der Waals surface area contributed by atoms with Crippen LogP contribution in [0, 0.1) is 11.6 Å². The second-order valence-corrected chi connectivity index (χ2v) is 7.97. The maximum atomic E-state index is 14.2. The van der Waals surface area contributed by atoms with Crippen LogP contribution in [0.25, 0.3) is 0 Å². The number of nitrogens with zero attached hydrogens (tertiary/aromatic N) is 1. The van der Waals surface area contributed by atoms with Crippen LogP contribution in [-0.2, 0) is 14.8 Å². The Hall–Kier alpha value is -2.85. The van der Waals surface area contributed by atoms with Gasteiger partial charge in [0.2, 0.25) is 15.9 Å². The van der Waals surface area contributed by atoms with Gasteiger partial charge in [0.1, 0.15) is 16.5 Å². The third kappa shape index (κ3) is 5.15. The first-order chi connectivity index (χ1) is 13.6. The molecule has 0 aliphatic rings. The second-order valence-electron chi connectivity index (χ2n) is 6.06. The monoisotopic (exact) mass is 425 g/mol. The van der Waals surface area contributed by atoms with Gasteiger partial charge < -0.3 is 10.6 Å². The van der Waals surface area contributed by atoms with Crippen LogP contribution in [-0.4, -0.2) is 37.6 Å². The fourth-order valence-corrected chi connectivity index (χ4v) is 4.18. The minimum atomic E-state index is -4.11. The Morgan fingerprint density at radius 1 is 0.966 bits per heavy atom. The maximum Gasteiger partial charge on any atom is 0.255 e. The minimum Gasteiger partial charge on any atom is -0.324 e. The van der Waals surface area contributed by atoms with E-state index in [1.165, 1.54) is 19.1 Å². The number of sulfonamides is 1. The van der Waals surface area contributed by atoms with Gasteiger partial charge >= 0.3 is 0 Å². The van der Waals surface area contributed by atoms with E-state index in [0.717, 1.165) is 28.6 Å². The molecule has 10 heteroatoms. The van der Waals surface area contributed by atoms with Crippen molar-refractivity contribution in [3.05, 3.63) is 53.6 Å². The summed E-state index contributed by atoms with van der Waals surface area (Å²) in [6, 6.07) is 6.54. The van der Waals surface area contributed by atoms with Crippen molar-refractivity contribution in [1.82, 2.24) is 4.31 Å². The maximum absolute atomic E-state index is 14.2. The predicted octanol–water partition coefficient (Wildman–Crippen LogP) is 3.21. The van der Waals surface area contributed by atoms with Crippen molar-refractivity contribution in [2.24, 2.45) is 0 Å². The molecule has 0 aliphatic heterocycles. The first-order valence-electron chi connectivity index (χ1n) is 8.78. The number of benzene rings is 2. The van der Waals surface area contributed by atoms with Gasteiger partial charge in [0.25, 0.3) is 5.91 Å². The highest BCUT2D eigenvalue weighted by Crippen LogP contribution is 2.23. The molecule has 0 unspecified atom stereocenters. The molecule has 0 spiro atoms. The molecule has 0 fully saturated rings. The van der Waals surface area contributed by atoms with Gasteiger partial charge in [-0.25, -0.2) is 17.2 Å². The lowest BCUT2D eigenvalue weighted by Gasteiger charge is -2.19. The number of carbonyl (C=O) groups excluding carboxylic acids is 2. The predicted molar refractivity (Wildman–Crippen MR) is 105 cm³/mol.